The zero-order valence-electron chi connectivity index (χ0n) is 13.7. The maximum absolute atomic E-state index is 9.83. The number of aryl methyl sites for hydroxylation is 2. The standard InChI is InChI=1S/C17H29N3O/c1-12(10-17(3,11-21)19-14-8-9-14)20-13(2)18-15-6-4-5-7-16(15)20/h12,14,19,21H,4-11H2,1-3H3. The Bertz CT molecular complexity index is 506. The van der Waals surface area contributed by atoms with Gasteiger partial charge in [0.1, 0.15) is 5.82 Å². The van der Waals surface area contributed by atoms with Crippen molar-refractivity contribution in [1.29, 1.82) is 0 Å². The molecule has 0 saturated heterocycles. The Labute approximate surface area is 128 Å². The Morgan fingerprint density at radius 1 is 1.38 bits per heavy atom. The van der Waals surface area contributed by atoms with Crippen LogP contribution in [0.1, 0.15) is 69.2 Å². The van der Waals surface area contributed by atoms with Crippen LogP contribution in [0.25, 0.3) is 0 Å². The largest absolute Gasteiger partial charge is 0.394 e. The Balaban J connectivity index is 1.78. The molecule has 1 saturated carbocycles. The number of hydrogen-bond donors (Lipinski definition) is 2. The molecular formula is C17H29N3O. The summed E-state index contributed by atoms with van der Waals surface area (Å²) in [6.45, 7) is 6.75. The Kier molecular flexibility index (Phi) is 4.10. The van der Waals surface area contributed by atoms with Gasteiger partial charge in [-0.15, -0.1) is 0 Å². The van der Waals surface area contributed by atoms with Crippen LogP contribution in [-0.4, -0.2) is 32.8 Å². The lowest BCUT2D eigenvalue weighted by Crippen LogP contribution is -2.48. The van der Waals surface area contributed by atoms with Gasteiger partial charge in [-0.3, -0.25) is 0 Å². The van der Waals surface area contributed by atoms with Crippen molar-refractivity contribution in [2.45, 2.75) is 83.3 Å². The first-order valence-electron chi connectivity index (χ1n) is 8.47. The molecule has 1 heterocycles. The van der Waals surface area contributed by atoms with Gasteiger partial charge < -0.3 is 15.0 Å². The molecule has 0 aromatic carbocycles. The van der Waals surface area contributed by atoms with Crippen LogP contribution in [0.4, 0.5) is 0 Å². The number of hydrogen-bond acceptors (Lipinski definition) is 3. The summed E-state index contributed by atoms with van der Waals surface area (Å²) in [7, 11) is 0. The molecule has 2 aliphatic carbocycles. The van der Waals surface area contributed by atoms with Gasteiger partial charge in [0.2, 0.25) is 0 Å². The third-order valence-corrected chi connectivity index (χ3v) is 5.01. The van der Waals surface area contributed by atoms with Crippen LogP contribution < -0.4 is 5.32 Å². The zero-order chi connectivity index (χ0) is 15.0. The third-order valence-electron chi connectivity index (χ3n) is 5.01. The first-order chi connectivity index (χ1) is 10.0. The van der Waals surface area contributed by atoms with Crippen molar-refractivity contribution in [2.24, 2.45) is 0 Å². The van der Waals surface area contributed by atoms with E-state index in [2.05, 4.69) is 30.7 Å². The van der Waals surface area contributed by atoms with Gasteiger partial charge in [-0.05, 0) is 65.7 Å². The van der Waals surface area contributed by atoms with Crippen LogP contribution in [-0.2, 0) is 12.8 Å². The molecule has 4 heteroatoms. The molecular weight excluding hydrogens is 262 g/mol. The number of aliphatic hydroxyl groups excluding tert-OH is 1. The topological polar surface area (TPSA) is 50.1 Å². The molecule has 21 heavy (non-hydrogen) atoms. The van der Waals surface area contributed by atoms with Crippen molar-refractivity contribution < 1.29 is 5.11 Å². The molecule has 0 bridgehead atoms. The van der Waals surface area contributed by atoms with Crippen molar-refractivity contribution in [3.05, 3.63) is 17.2 Å². The molecule has 1 aromatic rings. The molecule has 2 aliphatic rings. The molecule has 0 radical (unpaired) electrons. The van der Waals surface area contributed by atoms with E-state index < -0.39 is 0 Å². The highest BCUT2D eigenvalue weighted by molar-refractivity contribution is 5.21. The lowest BCUT2D eigenvalue weighted by atomic mass is 9.93. The molecule has 0 amide bonds. The van der Waals surface area contributed by atoms with E-state index in [1.807, 2.05) is 0 Å². The molecule has 118 valence electrons. The summed E-state index contributed by atoms with van der Waals surface area (Å²) in [5, 5.41) is 13.5. The maximum Gasteiger partial charge on any atom is 0.106 e. The van der Waals surface area contributed by atoms with Crippen LogP contribution in [0, 0.1) is 6.92 Å². The Morgan fingerprint density at radius 2 is 2.10 bits per heavy atom. The van der Waals surface area contributed by atoms with Crippen LogP contribution >= 0.6 is 0 Å². The second-order valence-corrected chi connectivity index (χ2v) is 7.32. The van der Waals surface area contributed by atoms with Crippen LogP contribution in [0.5, 0.6) is 0 Å². The highest BCUT2D eigenvalue weighted by Crippen LogP contribution is 2.31. The number of aliphatic hydroxyl groups is 1. The van der Waals surface area contributed by atoms with Gasteiger partial charge in [-0.25, -0.2) is 4.98 Å². The number of nitrogens with zero attached hydrogens (tertiary/aromatic N) is 2. The zero-order valence-corrected chi connectivity index (χ0v) is 13.7. The second-order valence-electron chi connectivity index (χ2n) is 7.32. The van der Waals surface area contributed by atoms with Crippen molar-refractivity contribution >= 4 is 0 Å². The van der Waals surface area contributed by atoms with Gasteiger partial charge in [0.15, 0.2) is 0 Å². The minimum absolute atomic E-state index is 0.182. The average molecular weight is 291 g/mol. The number of aromatic nitrogens is 2. The summed E-state index contributed by atoms with van der Waals surface area (Å²) in [4.78, 5) is 4.78. The van der Waals surface area contributed by atoms with Gasteiger partial charge in [-0.1, -0.05) is 0 Å². The van der Waals surface area contributed by atoms with E-state index >= 15 is 0 Å². The summed E-state index contributed by atoms with van der Waals surface area (Å²) in [6.07, 6.45) is 8.30. The average Bonchev–Trinajstić information content (AvgIpc) is 3.17. The fourth-order valence-electron chi connectivity index (χ4n) is 3.92. The number of imidazole rings is 1. The van der Waals surface area contributed by atoms with Crippen LogP contribution in [0.2, 0.25) is 0 Å². The van der Waals surface area contributed by atoms with Gasteiger partial charge in [0.05, 0.1) is 12.3 Å². The Hall–Kier alpha value is -0.870. The lowest BCUT2D eigenvalue weighted by Gasteiger charge is -2.33. The monoisotopic (exact) mass is 291 g/mol. The van der Waals surface area contributed by atoms with Gasteiger partial charge in [-0.2, -0.15) is 0 Å². The molecule has 1 fully saturated rings. The van der Waals surface area contributed by atoms with E-state index in [4.69, 9.17) is 4.98 Å². The number of nitrogens with one attached hydrogen (secondary N) is 1. The van der Waals surface area contributed by atoms with E-state index in [0.29, 0.717) is 12.1 Å². The lowest BCUT2D eigenvalue weighted by molar-refractivity contribution is 0.148. The van der Waals surface area contributed by atoms with E-state index in [9.17, 15) is 5.11 Å². The highest BCUT2D eigenvalue weighted by Gasteiger charge is 2.34. The van der Waals surface area contributed by atoms with Crippen LogP contribution in [0.15, 0.2) is 0 Å². The SMILES string of the molecule is Cc1nc2c(n1C(C)CC(C)(CO)NC1CC1)CCCC2. The van der Waals surface area contributed by atoms with E-state index in [0.717, 1.165) is 25.1 Å². The van der Waals surface area contributed by atoms with Crippen molar-refractivity contribution in [3.63, 3.8) is 0 Å². The molecule has 2 atom stereocenters. The predicted octanol–water partition coefficient (Wildman–Crippen LogP) is 2.52. The van der Waals surface area contributed by atoms with E-state index in [-0.39, 0.29) is 12.1 Å². The normalized spacial score (nSPS) is 22.7. The smallest absolute Gasteiger partial charge is 0.106 e. The third kappa shape index (κ3) is 3.16. The molecule has 2 unspecified atom stereocenters. The second kappa shape index (κ2) is 5.73. The van der Waals surface area contributed by atoms with Gasteiger partial charge in [0.25, 0.3) is 0 Å². The number of fused-ring (bicyclic) bond motifs is 1. The number of rotatable bonds is 6. The summed E-state index contributed by atoms with van der Waals surface area (Å²) in [5.74, 6) is 1.14. The first-order valence-corrected chi connectivity index (χ1v) is 8.47. The summed E-state index contributed by atoms with van der Waals surface area (Å²) in [5.41, 5.74) is 2.57. The Morgan fingerprint density at radius 3 is 2.76 bits per heavy atom. The van der Waals surface area contributed by atoms with E-state index in [1.54, 1.807) is 0 Å². The maximum atomic E-state index is 9.83. The van der Waals surface area contributed by atoms with Crippen molar-refractivity contribution in [1.82, 2.24) is 14.9 Å². The first kappa shape index (κ1) is 15.0. The molecule has 2 N–H and O–H groups in total. The highest BCUT2D eigenvalue weighted by atomic mass is 16.3. The van der Waals surface area contributed by atoms with Crippen LogP contribution in [0.3, 0.4) is 0 Å². The van der Waals surface area contributed by atoms with E-state index in [1.165, 1.54) is 37.1 Å². The van der Waals surface area contributed by atoms with Crippen molar-refractivity contribution in [2.75, 3.05) is 6.61 Å². The predicted molar refractivity (Wildman–Crippen MR) is 84.6 cm³/mol. The summed E-state index contributed by atoms with van der Waals surface area (Å²) < 4.78 is 2.43. The molecule has 3 rings (SSSR count). The molecule has 0 spiro atoms. The summed E-state index contributed by atoms with van der Waals surface area (Å²) >= 11 is 0. The molecule has 0 aliphatic heterocycles. The quantitative estimate of drug-likeness (QED) is 0.847. The minimum atomic E-state index is -0.182. The fourth-order valence-corrected chi connectivity index (χ4v) is 3.92. The molecule has 4 nitrogen and oxygen atoms in total. The fraction of sp³-hybridized carbons (Fsp3) is 0.824. The van der Waals surface area contributed by atoms with Crippen molar-refractivity contribution in [3.8, 4) is 0 Å². The summed E-state index contributed by atoms with van der Waals surface area (Å²) in [6, 6.07) is 0.995. The van der Waals surface area contributed by atoms with Gasteiger partial charge >= 0.3 is 0 Å². The van der Waals surface area contributed by atoms with Gasteiger partial charge in [0, 0.05) is 23.3 Å². The minimum Gasteiger partial charge on any atom is -0.394 e. The molecule has 1 aromatic heterocycles.